The second kappa shape index (κ2) is 22.2. The molecule has 0 rings (SSSR count). The predicted molar refractivity (Wildman–Crippen MR) is 99.6 cm³/mol. The molecule has 0 unspecified atom stereocenters. The predicted octanol–water partition coefficient (Wildman–Crippen LogP) is 6.31. The van der Waals surface area contributed by atoms with Gasteiger partial charge in [-0.05, 0) is 0 Å². The molecule has 0 aliphatic rings. The van der Waals surface area contributed by atoms with Gasteiger partial charge in [0.15, 0.2) is 0 Å². The SMILES string of the molecule is CC(C)(C)[NH-].C[C-]=C(C)C(C)=C(C)C.C[SiH]C.Cl.Cl.[Ti+2]. The van der Waals surface area contributed by atoms with Gasteiger partial charge in [0.1, 0.15) is 0 Å². The van der Waals surface area contributed by atoms with Crippen LogP contribution in [0.15, 0.2) is 16.7 Å². The van der Waals surface area contributed by atoms with E-state index >= 15 is 0 Å². The zero-order valence-electron chi connectivity index (χ0n) is 14.9. The summed E-state index contributed by atoms with van der Waals surface area (Å²) in [6, 6.07) is 0. The van der Waals surface area contributed by atoms with Crippen molar-refractivity contribution in [3.8, 4) is 0 Å². The van der Waals surface area contributed by atoms with Crippen molar-refractivity contribution < 1.29 is 21.7 Å². The summed E-state index contributed by atoms with van der Waals surface area (Å²) in [7, 11) is 0.750. The summed E-state index contributed by atoms with van der Waals surface area (Å²) >= 11 is 0. The first-order valence-corrected chi connectivity index (χ1v) is 8.46. The summed E-state index contributed by atoms with van der Waals surface area (Å²) in [5.74, 6) is 0. The van der Waals surface area contributed by atoms with Crippen molar-refractivity contribution >= 4 is 34.3 Å². The van der Waals surface area contributed by atoms with Gasteiger partial charge in [-0.1, -0.05) is 54.6 Å². The van der Waals surface area contributed by atoms with Crippen LogP contribution in [0.25, 0.3) is 5.73 Å². The fraction of sp³-hybridized carbons (Fsp3) is 0.733. The Morgan fingerprint density at radius 1 is 0.950 bits per heavy atom. The first-order valence-electron chi connectivity index (χ1n) is 6.15. The number of nitrogens with one attached hydrogen (secondary N) is 1. The quantitative estimate of drug-likeness (QED) is 0.291. The Morgan fingerprint density at radius 2 is 1.15 bits per heavy atom. The van der Waals surface area contributed by atoms with Gasteiger partial charge in [-0.15, -0.1) is 44.2 Å². The van der Waals surface area contributed by atoms with Crippen LogP contribution in [0.5, 0.6) is 0 Å². The number of allylic oxidation sites excluding steroid dienone is 4. The molecule has 0 spiro atoms. The Hall–Kier alpha value is 0.951. The van der Waals surface area contributed by atoms with Crippen LogP contribution >= 0.6 is 24.8 Å². The smallest absolute Gasteiger partial charge is 0.673 e. The van der Waals surface area contributed by atoms with E-state index in [1.165, 1.54) is 16.7 Å². The van der Waals surface area contributed by atoms with Crippen LogP contribution < -0.4 is 0 Å². The molecule has 0 aromatic carbocycles. The minimum atomic E-state index is -0.250. The van der Waals surface area contributed by atoms with Crippen molar-refractivity contribution in [2.75, 3.05) is 0 Å². The normalized spacial score (nSPS) is 9.05. The molecule has 1 radical (unpaired) electrons. The van der Waals surface area contributed by atoms with Crippen molar-refractivity contribution in [1.82, 2.24) is 0 Å². The molecule has 1 nitrogen and oxygen atoms in total. The molecule has 121 valence electrons. The van der Waals surface area contributed by atoms with Crippen molar-refractivity contribution in [3.05, 3.63) is 28.5 Å². The van der Waals surface area contributed by atoms with Crippen LogP contribution in [-0.4, -0.2) is 15.1 Å². The molecular weight excluding hydrogens is 341 g/mol. The molecule has 0 saturated carbocycles. The number of hydrogen-bond donors (Lipinski definition) is 0. The largest absolute Gasteiger partial charge is 2.00 e. The molecule has 0 aromatic rings. The second-order valence-corrected chi connectivity index (χ2v) is 6.48. The van der Waals surface area contributed by atoms with Crippen LogP contribution in [0.2, 0.25) is 13.1 Å². The molecule has 0 fully saturated rings. The van der Waals surface area contributed by atoms with E-state index in [2.05, 4.69) is 46.9 Å². The van der Waals surface area contributed by atoms with E-state index in [9.17, 15) is 0 Å². The Morgan fingerprint density at radius 3 is 1.20 bits per heavy atom. The maximum absolute atomic E-state index is 6.94. The Bertz CT molecular complexity index is 237. The minimum Gasteiger partial charge on any atom is -0.673 e. The van der Waals surface area contributed by atoms with Crippen LogP contribution in [-0.2, 0) is 21.7 Å². The molecule has 1 N–H and O–H groups in total. The average molecular weight is 375 g/mol. The molecule has 0 aliphatic carbocycles. The maximum Gasteiger partial charge on any atom is 2.00 e. The Kier molecular flexibility index (Phi) is 41.5. The van der Waals surface area contributed by atoms with E-state index in [0.29, 0.717) is 0 Å². The van der Waals surface area contributed by atoms with Gasteiger partial charge < -0.3 is 5.73 Å². The van der Waals surface area contributed by atoms with Crippen LogP contribution in [0.3, 0.4) is 0 Å². The van der Waals surface area contributed by atoms with Gasteiger partial charge in [-0.25, -0.2) is 5.57 Å². The Balaban J connectivity index is -0.0000000389. The van der Waals surface area contributed by atoms with Crippen molar-refractivity contribution in [2.24, 2.45) is 0 Å². The Labute approximate surface area is 158 Å². The summed E-state index contributed by atoms with van der Waals surface area (Å²) in [6.07, 6.45) is 3.10. The molecule has 0 bridgehead atoms. The monoisotopic (exact) mass is 374 g/mol. The fourth-order valence-electron chi connectivity index (χ4n) is 0.562. The molecule has 20 heavy (non-hydrogen) atoms. The molecule has 0 amide bonds. The molecule has 5 heteroatoms. The molecular formula is C15H34Cl2NSiTi. The van der Waals surface area contributed by atoms with Gasteiger partial charge in [-0.2, -0.15) is 11.1 Å². The molecule has 0 saturated heterocycles. The van der Waals surface area contributed by atoms with Crippen molar-refractivity contribution in [2.45, 2.75) is 74.0 Å². The van der Waals surface area contributed by atoms with E-state index in [0.717, 1.165) is 9.52 Å². The maximum atomic E-state index is 6.94. The van der Waals surface area contributed by atoms with Crippen LogP contribution in [0.1, 0.15) is 55.4 Å². The summed E-state index contributed by atoms with van der Waals surface area (Å²) in [5.41, 5.74) is 10.7. The van der Waals surface area contributed by atoms with E-state index in [1.54, 1.807) is 0 Å². The van der Waals surface area contributed by atoms with Crippen LogP contribution in [0.4, 0.5) is 0 Å². The van der Waals surface area contributed by atoms with Gasteiger partial charge in [-0.3, -0.25) is 6.08 Å². The summed E-state index contributed by atoms with van der Waals surface area (Å²) in [5, 5.41) is 0. The molecule has 0 aromatic heterocycles. The number of halogens is 2. The van der Waals surface area contributed by atoms with Crippen molar-refractivity contribution in [1.29, 1.82) is 0 Å². The minimum absolute atomic E-state index is 0. The van der Waals surface area contributed by atoms with Gasteiger partial charge in [0.25, 0.3) is 0 Å². The third-order valence-corrected chi connectivity index (χ3v) is 1.69. The van der Waals surface area contributed by atoms with Crippen molar-refractivity contribution in [3.63, 3.8) is 0 Å². The molecule has 0 heterocycles. The molecule has 0 atom stereocenters. The van der Waals surface area contributed by atoms with E-state index in [1.807, 2.05) is 27.7 Å². The summed E-state index contributed by atoms with van der Waals surface area (Å²) in [4.78, 5) is 0. The standard InChI is InChI=1S/C9H15.C4H10N.C2H7Si.2ClH.Ti/c1-6-8(4)9(5)7(2)3;1-4(2,3)5;1-3-2;;;/h1-5H3;5H,1-3H3;3H,1-2H3;2*1H;/q2*-1;;;;+2. The third kappa shape index (κ3) is 50.9. The van der Waals surface area contributed by atoms with E-state index < -0.39 is 0 Å². The van der Waals surface area contributed by atoms with Gasteiger partial charge in [0, 0.05) is 9.52 Å². The van der Waals surface area contributed by atoms with Gasteiger partial charge in [0.2, 0.25) is 0 Å². The van der Waals surface area contributed by atoms with E-state index in [4.69, 9.17) is 5.73 Å². The third-order valence-electron chi connectivity index (χ3n) is 1.69. The topological polar surface area (TPSA) is 23.8 Å². The summed E-state index contributed by atoms with van der Waals surface area (Å²) in [6.45, 7) is 20.4. The summed E-state index contributed by atoms with van der Waals surface area (Å²) < 4.78 is 0. The first kappa shape index (κ1) is 37.3. The zero-order chi connectivity index (χ0) is 14.6. The van der Waals surface area contributed by atoms with Crippen LogP contribution in [0, 0.1) is 6.08 Å². The first-order chi connectivity index (χ1) is 7.51. The van der Waals surface area contributed by atoms with E-state index in [-0.39, 0.29) is 52.1 Å². The number of rotatable bonds is 1. The zero-order valence-corrected chi connectivity index (χ0v) is 19.2. The number of hydrogen-bond acceptors (Lipinski definition) is 0. The second-order valence-electron chi connectivity index (χ2n) is 5.33. The fourth-order valence-corrected chi connectivity index (χ4v) is 0.562. The van der Waals surface area contributed by atoms with Gasteiger partial charge >= 0.3 is 21.7 Å². The van der Waals surface area contributed by atoms with Gasteiger partial charge in [0.05, 0.1) is 0 Å². The molecule has 0 aliphatic heterocycles. The average Bonchev–Trinajstić information content (AvgIpc) is 2.14.